The van der Waals surface area contributed by atoms with Crippen molar-refractivity contribution in [2.45, 2.75) is 6.36 Å². The molecule has 5 nitrogen and oxygen atoms in total. The molecule has 2 N–H and O–H groups in total. The number of nitrogen functional groups attached to an aromatic ring is 1. The summed E-state index contributed by atoms with van der Waals surface area (Å²) in [6.07, 6.45) is -3.79. The maximum atomic E-state index is 11.6. The first-order valence-electron chi connectivity index (χ1n) is 3.35. The number of aromatic nitrogens is 1. The lowest BCUT2D eigenvalue weighted by molar-refractivity contribution is -0.325. The van der Waals surface area contributed by atoms with Crippen LogP contribution in [0.3, 0.4) is 0 Å². The zero-order chi connectivity index (χ0) is 11.5. The number of halogens is 3. The molecule has 0 aliphatic rings. The zero-order valence-corrected chi connectivity index (χ0v) is 7.72. The van der Waals surface area contributed by atoms with E-state index in [1.807, 2.05) is 0 Å². The Morgan fingerprint density at radius 3 is 2.73 bits per heavy atom. The molecule has 0 aliphatic carbocycles. The van der Waals surface area contributed by atoms with Gasteiger partial charge in [0.25, 0.3) is 6.29 Å². The minimum absolute atomic E-state index is 0.0972. The lowest BCUT2D eigenvalue weighted by Crippen LogP contribution is -2.12. The van der Waals surface area contributed by atoms with Gasteiger partial charge in [-0.05, 0) is 0 Å². The highest BCUT2D eigenvalue weighted by atomic mass is 32.1. The summed E-state index contributed by atoms with van der Waals surface area (Å²) < 4.78 is 34.7. The molecule has 1 aromatic rings. The lowest BCUT2D eigenvalue weighted by atomic mass is 10.3. The van der Waals surface area contributed by atoms with E-state index in [2.05, 4.69) is 15.0 Å². The summed E-state index contributed by atoms with van der Waals surface area (Å²) in [5.74, 6) is 0. The van der Waals surface area contributed by atoms with Crippen LogP contribution < -0.4 is 5.73 Å². The Kier molecular flexibility index (Phi) is 3.24. The van der Waals surface area contributed by atoms with Crippen molar-refractivity contribution < 1.29 is 22.8 Å². The van der Waals surface area contributed by atoms with Gasteiger partial charge in [0.1, 0.15) is 5.69 Å². The molecular weight excluding hydrogens is 235 g/mol. The summed E-state index contributed by atoms with van der Waals surface area (Å²) in [7, 11) is 0. The Morgan fingerprint density at radius 2 is 2.33 bits per heavy atom. The highest BCUT2D eigenvalue weighted by Crippen LogP contribution is 2.17. The van der Waals surface area contributed by atoms with Crippen molar-refractivity contribution in [3.05, 3.63) is 11.1 Å². The van der Waals surface area contributed by atoms with Crippen molar-refractivity contribution in [3.63, 3.8) is 0 Å². The summed E-state index contributed by atoms with van der Waals surface area (Å²) in [5, 5.41) is 3.91. The van der Waals surface area contributed by atoms with Gasteiger partial charge in [0.15, 0.2) is 10.8 Å². The van der Waals surface area contributed by atoms with E-state index < -0.39 is 12.1 Å². The molecule has 1 rings (SSSR count). The maximum Gasteiger partial charge on any atom is 0.593 e. The number of alkyl halides is 3. The maximum absolute atomic E-state index is 11.6. The largest absolute Gasteiger partial charge is 0.593 e. The Labute approximate surface area is 85.3 Å². The predicted molar refractivity (Wildman–Crippen MR) is 45.9 cm³/mol. The fraction of sp³-hybridized carbons (Fsp3) is 0.167. The third-order valence-corrected chi connectivity index (χ3v) is 1.78. The molecule has 0 bridgehead atoms. The second-order valence-electron chi connectivity index (χ2n) is 2.15. The number of nitrogens with two attached hydrogens (primary N) is 1. The minimum atomic E-state index is -4.95. The molecule has 9 heteroatoms. The van der Waals surface area contributed by atoms with Crippen molar-refractivity contribution in [2.75, 3.05) is 5.73 Å². The van der Waals surface area contributed by atoms with Crippen LogP contribution in [0.2, 0.25) is 0 Å². The molecule has 0 spiro atoms. The number of thiazole rings is 1. The van der Waals surface area contributed by atoms with Gasteiger partial charge in [-0.2, -0.15) is 0 Å². The summed E-state index contributed by atoms with van der Waals surface area (Å²) in [6.45, 7) is 0. The fourth-order valence-corrected chi connectivity index (χ4v) is 1.16. The quantitative estimate of drug-likeness (QED) is 0.631. The van der Waals surface area contributed by atoms with E-state index in [4.69, 9.17) is 5.73 Å². The first-order chi connectivity index (χ1) is 6.92. The molecule has 1 radical (unpaired) electrons. The van der Waals surface area contributed by atoms with Gasteiger partial charge in [-0.25, -0.2) is 4.98 Å². The highest BCUT2D eigenvalue weighted by Gasteiger charge is 2.31. The third kappa shape index (κ3) is 3.54. The van der Waals surface area contributed by atoms with E-state index in [0.29, 0.717) is 0 Å². The normalized spacial score (nSPS) is 12.6. The van der Waals surface area contributed by atoms with E-state index in [-0.39, 0.29) is 10.8 Å². The monoisotopic (exact) mass is 238 g/mol. The van der Waals surface area contributed by atoms with Crippen LogP contribution >= 0.6 is 11.3 Å². The number of hydrogen-bond donors (Lipinski definition) is 1. The summed E-state index contributed by atoms with van der Waals surface area (Å²) >= 11 is 0.952. The second-order valence-corrected chi connectivity index (χ2v) is 3.04. The molecule has 0 aromatic carbocycles. The van der Waals surface area contributed by atoms with Crippen LogP contribution in [0.4, 0.5) is 18.3 Å². The minimum Gasteiger partial charge on any atom is -0.375 e. The Balaban J connectivity index is 2.85. The van der Waals surface area contributed by atoms with Crippen molar-refractivity contribution in [3.8, 4) is 0 Å². The molecule has 0 fully saturated rings. The van der Waals surface area contributed by atoms with Gasteiger partial charge in [-0.1, -0.05) is 5.16 Å². The SMILES string of the molecule is Nc1nc(/C([C]=O)=N/OC(F)(F)F)cs1. The average molecular weight is 238 g/mol. The molecule has 0 aliphatic heterocycles. The smallest absolute Gasteiger partial charge is 0.375 e. The van der Waals surface area contributed by atoms with Crippen LogP contribution in [-0.2, 0) is 9.63 Å². The van der Waals surface area contributed by atoms with Gasteiger partial charge < -0.3 is 5.73 Å². The van der Waals surface area contributed by atoms with E-state index in [1.54, 1.807) is 0 Å². The van der Waals surface area contributed by atoms with Crippen molar-refractivity contribution in [1.29, 1.82) is 0 Å². The molecule has 81 valence electrons. The number of rotatable bonds is 3. The molecule has 0 atom stereocenters. The van der Waals surface area contributed by atoms with Crippen LogP contribution in [0.1, 0.15) is 5.69 Å². The average Bonchev–Trinajstić information content (AvgIpc) is 2.51. The Bertz CT molecular complexity index is 387. The van der Waals surface area contributed by atoms with Crippen LogP contribution in [0.15, 0.2) is 10.5 Å². The number of oxime groups is 1. The lowest BCUT2D eigenvalue weighted by Gasteiger charge is -2.01. The zero-order valence-electron chi connectivity index (χ0n) is 6.91. The van der Waals surface area contributed by atoms with Gasteiger partial charge >= 0.3 is 6.36 Å². The van der Waals surface area contributed by atoms with Crippen LogP contribution in [-0.4, -0.2) is 23.3 Å². The molecule has 0 unspecified atom stereocenters. The van der Waals surface area contributed by atoms with E-state index in [0.717, 1.165) is 11.3 Å². The molecule has 1 heterocycles. The van der Waals surface area contributed by atoms with Gasteiger partial charge in [-0.3, -0.25) is 9.63 Å². The Hall–Kier alpha value is -1.64. The van der Waals surface area contributed by atoms with Crippen LogP contribution in [0.5, 0.6) is 0 Å². The predicted octanol–water partition coefficient (Wildman–Crippen LogP) is 1.08. The van der Waals surface area contributed by atoms with Gasteiger partial charge in [0, 0.05) is 5.38 Å². The first-order valence-corrected chi connectivity index (χ1v) is 4.23. The summed E-state index contributed by atoms with van der Waals surface area (Å²) in [4.78, 5) is 16.9. The van der Waals surface area contributed by atoms with Gasteiger partial charge in [0.2, 0.25) is 0 Å². The number of hydrogen-bond acceptors (Lipinski definition) is 6. The topological polar surface area (TPSA) is 77.6 Å². The van der Waals surface area contributed by atoms with E-state index in [9.17, 15) is 18.0 Å². The van der Waals surface area contributed by atoms with E-state index in [1.165, 1.54) is 11.7 Å². The first kappa shape index (κ1) is 11.4. The highest BCUT2D eigenvalue weighted by molar-refractivity contribution is 7.13. The fourth-order valence-electron chi connectivity index (χ4n) is 0.611. The summed E-state index contributed by atoms with van der Waals surface area (Å²) in [6, 6.07) is 0. The molecule has 0 saturated heterocycles. The molecule has 15 heavy (non-hydrogen) atoms. The van der Waals surface area contributed by atoms with Crippen molar-refractivity contribution in [1.82, 2.24) is 4.98 Å². The second kappa shape index (κ2) is 4.26. The van der Waals surface area contributed by atoms with Crippen molar-refractivity contribution >= 4 is 28.5 Å². The Morgan fingerprint density at radius 1 is 1.67 bits per heavy atom. The number of nitrogens with zero attached hydrogens (tertiary/aromatic N) is 2. The number of carbonyl (C=O) groups excluding carboxylic acids is 1. The molecule has 1 aromatic heterocycles. The molecule has 0 saturated carbocycles. The van der Waals surface area contributed by atoms with Gasteiger partial charge in [-0.15, -0.1) is 24.5 Å². The molecular formula is C6H3F3N3O2S. The standard InChI is InChI=1S/C6H3F3N3O2S/c7-6(8,9)14-12-3(1-13)4-2-15-5(10)11-4/h2H,(H2,10,11)/b12-3+. The van der Waals surface area contributed by atoms with Crippen molar-refractivity contribution in [2.24, 2.45) is 5.16 Å². The van der Waals surface area contributed by atoms with E-state index >= 15 is 0 Å². The molecule has 0 amide bonds. The summed E-state index contributed by atoms with van der Waals surface area (Å²) in [5.41, 5.74) is 4.40. The van der Waals surface area contributed by atoms with Gasteiger partial charge in [0.05, 0.1) is 0 Å². The van der Waals surface area contributed by atoms with Crippen LogP contribution in [0.25, 0.3) is 0 Å². The third-order valence-electron chi connectivity index (χ3n) is 1.10. The number of anilines is 1. The van der Waals surface area contributed by atoms with Crippen LogP contribution in [0, 0.1) is 0 Å².